The quantitative estimate of drug-likeness (QED) is 0.635. The largest absolute Gasteiger partial charge is 0.444 e. The van der Waals surface area contributed by atoms with Gasteiger partial charge in [0, 0.05) is 5.56 Å². The number of benzene rings is 1. The van der Waals surface area contributed by atoms with E-state index >= 15 is 0 Å². The summed E-state index contributed by atoms with van der Waals surface area (Å²) in [4.78, 5) is 3.82. The smallest absolute Gasteiger partial charge is 0.181 e. The Balaban J connectivity index is 2.48. The molecule has 0 fully saturated rings. The van der Waals surface area contributed by atoms with Crippen LogP contribution in [0, 0.1) is 6.92 Å². The summed E-state index contributed by atoms with van der Waals surface area (Å²) < 4.78 is 5.11. The number of hydrogen-bond donors (Lipinski definition) is 0. The topological polar surface area (TPSA) is 26.0 Å². The molecule has 0 saturated carbocycles. The van der Waals surface area contributed by atoms with E-state index < -0.39 is 0 Å². The van der Waals surface area contributed by atoms with Gasteiger partial charge in [0.15, 0.2) is 12.2 Å². The summed E-state index contributed by atoms with van der Waals surface area (Å²) in [7, 11) is 0. The van der Waals surface area contributed by atoms with Crippen molar-refractivity contribution in [3.8, 4) is 11.3 Å². The van der Waals surface area contributed by atoms with Crippen LogP contribution in [0.1, 0.15) is 5.56 Å². The zero-order chi connectivity index (χ0) is 8.39. The van der Waals surface area contributed by atoms with Gasteiger partial charge in [-0.1, -0.05) is 18.2 Å². The molecule has 0 aliphatic rings. The van der Waals surface area contributed by atoms with Crippen LogP contribution >= 0.6 is 0 Å². The lowest BCUT2D eigenvalue weighted by atomic mass is 10.1. The van der Waals surface area contributed by atoms with Crippen molar-refractivity contribution in [2.45, 2.75) is 0 Å². The van der Waals surface area contributed by atoms with E-state index in [9.17, 15) is 0 Å². The Bertz CT molecular complexity index is 365. The molecule has 0 aliphatic carbocycles. The van der Waals surface area contributed by atoms with Crippen molar-refractivity contribution < 1.29 is 4.42 Å². The van der Waals surface area contributed by atoms with Crippen LogP contribution in [-0.2, 0) is 0 Å². The summed E-state index contributed by atoms with van der Waals surface area (Å²) in [5.41, 5.74) is 1.68. The Morgan fingerprint density at radius 1 is 1.33 bits per heavy atom. The zero-order valence-corrected chi connectivity index (χ0v) is 6.40. The highest BCUT2D eigenvalue weighted by molar-refractivity contribution is 5.57. The van der Waals surface area contributed by atoms with E-state index in [1.807, 2.05) is 24.3 Å². The Morgan fingerprint density at radius 3 is 2.92 bits per heavy atom. The summed E-state index contributed by atoms with van der Waals surface area (Å²) >= 11 is 0. The molecule has 2 nitrogen and oxygen atoms in total. The minimum Gasteiger partial charge on any atom is -0.444 e. The van der Waals surface area contributed by atoms with Crippen LogP contribution in [0.25, 0.3) is 11.3 Å². The molecule has 0 unspecified atom stereocenters. The molecule has 1 aromatic heterocycles. The third-order valence-electron chi connectivity index (χ3n) is 1.60. The number of hydrogen-bond acceptors (Lipinski definition) is 2. The van der Waals surface area contributed by atoms with Gasteiger partial charge in [-0.15, -0.1) is 0 Å². The van der Waals surface area contributed by atoms with Gasteiger partial charge in [0.2, 0.25) is 0 Å². The van der Waals surface area contributed by atoms with Crippen molar-refractivity contribution in [2.75, 3.05) is 0 Å². The molecule has 0 aliphatic heterocycles. The SMILES string of the molecule is [CH]c1cccc(-c2cnco2)c1. The van der Waals surface area contributed by atoms with E-state index in [0.29, 0.717) is 0 Å². The van der Waals surface area contributed by atoms with Gasteiger partial charge in [0.1, 0.15) is 0 Å². The lowest BCUT2D eigenvalue weighted by Gasteiger charge is -1.95. The maximum Gasteiger partial charge on any atom is 0.181 e. The van der Waals surface area contributed by atoms with E-state index in [-0.39, 0.29) is 0 Å². The second-order valence-electron chi connectivity index (χ2n) is 2.49. The average molecular weight is 157 g/mol. The molecule has 0 spiro atoms. The summed E-state index contributed by atoms with van der Waals surface area (Å²) in [5, 5.41) is 0. The summed E-state index contributed by atoms with van der Waals surface area (Å²) in [6.07, 6.45) is 3.06. The monoisotopic (exact) mass is 157 g/mol. The molecule has 2 rings (SSSR count). The summed E-state index contributed by atoms with van der Waals surface area (Å²) in [6.45, 7) is 5.60. The van der Waals surface area contributed by atoms with Crippen molar-refractivity contribution in [3.05, 3.63) is 49.3 Å². The maximum atomic E-state index is 5.60. The first kappa shape index (κ1) is 7.10. The number of nitrogens with zero attached hydrogens (tertiary/aromatic N) is 1. The van der Waals surface area contributed by atoms with Crippen molar-refractivity contribution in [1.82, 2.24) is 4.98 Å². The molecule has 1 heterocycles. The third kappa shape index (κ3) is 1.23. The summed E-state index contributed by atoms with van der Waals surface area (Å²) in [5.74, 6) is 0.738. The van der Waals surface area contributed by atoms with E-state index in [1.54, 1.807) is 6.20 Å². The Labute approximate surface area is 70.9 Å². The molecule has 12 heavy (non-hydrogen) atoms. The molecular weight excluding hydrogens is 150 g/mol. The first-order valence-electron chi connectivity index (χ1n) is 3.60. The highest BCUT2D eigenvalue weighted by Crippen LogP contribution is 2.18. The van der Waals surface area contributed by atoms with Crippen LogP contribution in [0.3, 0.4) is 0 Å². The van der Waals surface area contributed by atoms with Crippen LogP contribution < -0.4 is 0 Å². The predicted molar refractivity (Wildman–Crippen MR) is 45.3 cm³/mol. The van der Waals surface area contributed by atoms with Gasteiger partial charge in [-0.25, -0.2) is 4.98 Å². The van der Waals surface area contributed by atoms with Crippen molar-refractivity contribution >= 4 is 0 Å². The molecular formula is C10H7NO. The second-order valence-corrected chi connectivity index (χ2v) is 2.49. The minimum atomic E-state index is 0.726. The zero-order valence-electron chi connectivity index (χ0n) is 6.40. The van der Waals surface area contributed by atoms with Gasteiger partial charge >= 0.3 is 0 Å². The lowest BCUT2D eigenvalue weighted by Crippen LogP contribution is -1.75. The fourth-order valence-electron chi connectivity index (χ4n) is 1.05. The van der Waals surface area contributed by atoms with E-state index in [2.05, 4.69) is 4.98 Å². The van der Waals surface area contributed by atoms with Crippen molar-refractivity contribution in [1.29, 1.82) is 0 Å². The highest BCUT2D eigenvalue weighted by atomic mass is 16.3. The number of rotatable bonds is 1. The average Bonchev–Trinajstić information content (AvgIpc) is 2.56. The highest BCUT2D eigenvalue weighted by Gasteiger charge is 1.99. The van der Waals surface area contributed by atoms with Crippen LogP contribution in [0.2, 0.25) is 0 Å². The summed E-state index contributed by atoms with van der Waals surface area (Å²) in [6, 6.07) is 7.49. The van der Waals surface area contributed by atoms with Gasteiger partial charge in [-0.3, -0.25) is 0 Å². The lowest BCUT2D eigenvalue weighted by molar-refractivity contribution is 0.572. The van der Waals surface area contributed by atoms with Crippen LogP contribution in [0.15, 0.2) is 41.3 Å². The Morgan fingerprint density at radius 2 is 2.25 bits per heavy atom. The molecule has 0 amide bonds. The van der Waals surface area contributed by atoms with Crippen molar-refractivity contribution in [2.24, 2.45) is 0 Å². The molecule has 0 N–H and O–H groups in total. The van der Waals surface area contributed by atoms with Crippen LogP contribution in [0.5, 0.6) is 0 Å². The van der Waals surface area contributed by atoms with E-state index in [4.69, 9.17) is 11.3 Å². The minimum absolute atomic E-state index is 0.726. The van der Waals surface area contributed by atoms with Gasteiger partial charge in [0.25, 0.3) is 0 Å². The van der Waals surface area contributed by atoms with Crippen LogP contribution in [0.4, 0.5) is 0 Å². The van der Waals surface area contributed by atoms with Gasteiger partial charge in [0.05, 0.1) is 6.20 Å². The molecule has 0 atom stereocenters. The number of aromatic nitrogens is 1. The first-order chi connectivity index (χ1) is 5.86. The molecule has 1 aromatic carbocycles. The maximum absolute atomic E-state index is 5.60. The fourth-order valence-corrected chi connectivity index (χ4v) is 1.05. The van der Waals surface area contributed by atoms with E-state index in [1.165, 1.54) is 6.39 Å². The standard InChI is InChI=1S/C10H7NO/c1-8-3-2-4-9(5-8)10-6-11-7-12-10/h1-7H. The molecule has 0 bridgehead atoms. The molecule has 2 aromatic rings. The fraction of sp³-hybridized carbons (Fsp3) is 0. The Kier molecular flexibility index (Phi) is 1.67. The van der Waals surface area contributed by atoms with Gasteiger partial charge in [-0.2, -0.15) is 0 Å². The molecule has 2 heteroatoms. The molecule has 2 radical (unpaired) electrons. The van der Waals surface area contributed by atoms with Gasteiger partial charge in [-0.05, 0) is 18.6 Å². The predicted octanol–water partition coefficient (Wildman–Crippen LogP) is 2.40. The molecule has 58 valence electrons. The van der Waals surface area contributed by atoms with Gasteiger partial charge < -0.3 is 4.42 Å². The van der Waals surface area contributed by atoms with Crippen molar-refractivity contribution in [3.63, 3.8) is 0 Å². The molecule has 0 saturated heterocycles. The Hall–Kier alpha value is -1.57. The van der Waals surface area contributed by atoms with Crippen LogP contribution in [-0.4, -0.2) is 4.98 Å². The number of oxazole rings is 1. The first-order valence-corrected chi connectivity index (χ1v) is 3.60. The third-order valence-corrected chi connectivity index (χ3v) is 1.60. The second kappa shape index (κ2) is 2.81. The normalized spacial score (nSPS) is 10.1. The van der Waals surface area contributed by atoms with E-state index in [0.717, 1.165) is 16.9 Å².